The summed E-state index contributed by atoms with van der Waals surface area (Å²) in [7, 11) is 0. The smallest absolute Gasteiger partial charge is 0.410 e. The van der Waals surface area contributed by atoms with Crippen molar-refractivity contribution in [2.45, 2.75) is 32.4 Å². The third-order valence-corrected chi connectivity index (χ3v) is 3.31. The van der Waals surface area contributed by atoms with Crippen LogP contribution < -0.4 is 10.8 Å². The van der Waals surface area contributed by atoms with Crippen LogP contribution in [0.25, 0.3) is 0 Å². The summed E-state index contributed by atoms with van der Waals surface area (Å²) in [6, 6.07) is 8.32. The van der Waals surface area contributed by atoms with E-state index in [1.807, 2.05) is 0 Å². The molecule has 25 heavy (non-hydrogen) atoms. The van der Waals surface area contributed by atoms with Crippen molar-refractivity contribution in [2.75, 3.05) is 19.6 Å². The molecule has 0 atom stereocenters. The van der Waals surface area contributed by atoms with Gasteiger partial charge in [-0.25, -0.2) is 9.59 Å². The number of carbonyl (C=O) groups excluding carboxylic acids is 3. The normalized spacial score (nSPS) is 14.4. The van der Waals surface area contributed by atoms with Crippen LogP contribution in [0, 0.1) is 0 Å². The summed E-state index contributed by atoms with van der Waals surface area (Å²) in [5.41, 5.74) is 2.18. The molecule has 1 aliphatic heterocycles. The summed E-state index contributed by atoms with van der Waals surface area (Å²) in [5, 5.41) is 2.74. The van der Waals surface area contributed by atoms with Gasteiger partial charge in [0.1, 0.15) is 12.1 Å². The first-order chi connectivity index (χ1) is 11.7. The summed E-state index contributed by atoms with van der Waals surface area (Å²) in [6.45, 7) is 6.02. The highest BCUT2D eigenvalue weighted by Crippen LogP contribution is 2.15. The molecule has 0 spiro atoms. The fraction of sp³-hybridized carbons (Fsp3) is 0.471. The van der Waals surface area contributed by atoms with Gasteiger partial charge in [-0.2, -0.15) is 0 Å². The van der Waals surface area contributed by atoms with Crippen LogP contribution in [0.3, 0.4) is 0 Å². The molecule has 8 nitrogen and oxygen atoms in total. The zero-order valence-corrected chi connectivity index (χ0v) is 14.6. The van der Waals surface area contributed by atoms with Crippen molar-refractivity contribution in [1.82, 2.24) is 15.7 Å². The second-order valence-corrected chi connectivity index (χ2v) is 6.73. The number of amides is 2. The number of ether oxygens (including phenoxy) is 1. The first-order valence-corrected chi connectivity index (χ1v) is 8.01. The number of hydroxylamine groups is 1. The van der Waals surface area contributed by atoms with Gasteiger partial charge in [0, 0.05) is 13.1 Å². The number of nitrogens with zero attached hydrogens (tertiary/aromatic N) is 1. The number of nitrogens with one attached hydrogen (secondary N) is 2. The Kier molecular flexibility index (Phi) is 5.97. The standard InChI is InChI=1S/C17H23N3O5/c1-17(2,3)24-16(23)20-10-13(11-20)19-14(21)9-18-25-15(22)12-7-5-4-6-8-12/h4-8,13,18H,9-11H2,1-3H3,(H,19,21). The van der Waals surface area contributed by atoms with E-state index in [1.54, 1.807) is 51.1 Å². The van der Waals surface area contributed by atoms with E-state index in [9.17, 15) is 14.4 Å². The van der Waals surface area contributed by atoms with Crippen molar-refractivity contribution >= 4 is 18.0 Å². The van der Waals surface area contributed by atoms with Gasteiger partial charge >= 0.3 is 12.1 Å². The predicted octanol–water partition coefficient (Wildman–Crippen LogP) is 1.08. The lowest BCUT2D eigenvalue weighted by Crippen LogP contribution is -2.62. The Hall–Kier alpha value is -2.61. The Bertz CT molecular complexity index is 621. The Balaban J connectivity index is 1.61. The van der Waals surface area contributed by atoms with Crippen molar-refractivity contribution in [3.63, 3.8) is 0 Å². The number of hydrogen-bond donors (Lipinski definition) is 2. The van der Waals surface area contributed by atoms with E-state index in [1.165, 1.54) is 4.90 Å². The first kappa shape index (κ1) is 18.7. The second kappa shape index (κ2) is 7.98. The third-order valence-electron chi connectivity index (χ3n) is 3.31. The lowest BCUT2D eigenvalue weighted by atomic mass is 10.1. The number of rotatable bonds is 5. The Labute approximate surface area is 146 Å². The minimum Gasteiger partial charge on any atom is -0.444 e. The summed E-state index contributed by atoms with van der Waals surface area (Å²) in [5.74, 6) is -0.886. The molecule has 136 valence electrons. The molecule has 8 heteroatoms. The third kappa shape index (κ3) is 6.07. The molecule has 1 fully saturated rings. The Morgan fingerprint density at radius 3 is 2.40 bits per heavy atom. The van der Waals surface area contributed by atoms with E-state index >= 15 is 0 Å². The molecule has 2 rings (SSSR count). The molecule has 0 bridgehead atoms. The van der Waals surface area contributed by atoms with E-state index in [0.29, 0.717) is 18.7 Å². The summed E-state index contributed by atoms with van der Waals surface area (Å²) < 4.78 is 5.23. The monoisotopic (exact) mass is 349 g/mol. The molecule has 1 saturated heterocycles. The summed E-state index contributed by atoms with van der Waals surface area (Å²) >= 11 is 0. The quantitative estimate of drug-likeness (QED) is 0.772. The molecule has 0 saturated carbocycles. The second-order valence-electron chi connectivity index (χ2n) is 6.73. The molecule has 1 aromatic rings. The summed E-state index contributed by atoms with van der Waals surface area (Å²) in [4.78, 5) is 41.5. The topological polar surface area (TPSA) is 97.0 Å². The maximum Gasteiger partial charge on any atom is 0.410 e. The molecular weight excluding hydrogens is 326 g/mol. The van der Waals surface area contributed by atoms with Gasteiger partial charge < -0.3 is 19.8 Å². The lowest BCUT2D eigenvalue weighted by Gasteiger charge is -2.39. The average Bonchev–Trinajstić information content (AvgIpc) is 2.49. The predicted molar refractivity (Wildman–Crippen MR) is 89.6 cm³/mol. The van der Waals surface area contributed by atoms with Crippen molar-refractivity contribution in [1.29, 1.82) is 0 Å². The average molecular weight is 349 g/mol. The van der Waals surface area contributed by atoms with Gasteiger partial charge in [-0.15, -0.1) is 5.48 Å². The van der Waals surface area contributed by atoms with E-state index in [2.05, 4.69) is 10.8 Å². The van der Waals surface area contributed by atoms with Crippen LogP contribution in [0.1, 0.15) is 31.1 Å². The van der Waals surface area contributed by atoms with Crippen LogP contribution in [0.2, 0.25) is 0 Å². The van der Waals surface area contributed by atoms with Crippen LogP contribution >= 0.6 is 0 Å². The van der Waals surface area contributed by atoms with Crippen molar-refractivity contribution in [3.8, 4) is 0 Å². The number of carbonyl (C=O) groups is 3. The van der Waals surface area contributed by atoms with Gasteiger partial charge in [0.05, 0.1) is 11.6 Å². The minimum atomic E-state index is -0.562. The van der Waals surface area contributed by atoms with Crippen LogP contribution in [-0.2, 0) is 14.4 Å². The Morgan fingerprint density at radius 2 is 1.80 bits per heavy atom. The Morgan fingerprint density at radius 1 is 1.16 bits per heavy atom. The van der Waals surface area contributed by atoms with Crippen LogP contribution in [0.5, 0.6) is 0 Å². The maximum atomic E-state index is 11.8. The van der Waals surface area contributed by atoms with Crippen LogP contribution in [-0.4, -0.2) is 54.1 Å². The van der Waals surface area contributed by atoms with Crippen molar-refractivity contribution in [2.24, 2.45) is 0 Å². The molecule has 0 aromatic heterocycles. The molecule has 1 aliphatic rings. The number of likely N-dealkylation sites (tertiary alicyclic amines) is 1. The SMILES string of the molecule is CC(C)(C)OC(=O)N1CC(NC(=O)CNOC(=O)c2ccccc2)C1. The highest BCUT2D eigenvalue weighted by molar-refractivity contribution is 5.89. The maximum absolute atomic E-state index is 11.8. The molecule has 2 N–H and O–H groups in total. The molecule has 1 aromatic carbocycles. The molecule has 1 heterocycles. The molecule has 0 radical (unpaired) electrons. The highest BCUT2D eigenvalue weighted by atomic mass is 16.7. The van der Waals surface area contributed by atoms with Crippen LogP contribution in [0.4, 0.5) is 4.79 Å². The van der Waals surface area contributed by atoms with Gasteiger partial charge in [0.25, 0.3) is 0 Å². The van der Waals surface area contributed by atoms with E-state index in [0.717, 1.165) is 0 Å². The van der Waals surface area contributed by atoms with Crippen LogP contribution in [0.15, 0.2) is 30.3 Å². The van der Waals surface area contributed by atoms with Gasteiger partial charge in [0.15, 0.2) is 0 Å². The van der Waals surface area contributed by atoms with Gasteiger partial charge in [-0.1, -0.05) is 18.2 Å². The highest BCUT2D eigenvalue weighted by Gasteiger charge is 2.34. The molecular formula is C17H23N3O5. The minimum absolute atomic E-state index is 0.133. The number of hydrogen-bond acceptors (Lipinski definition) is 6. The largest absolute Gasteiger partial charge is 0.444 e. The van der Waals surface area contributed by atoms with Gasteiger partial charge in [-0.3, -0.25) is 4.79 Å². The summed E-state index contributed by atoms with van der Waals surface area (Å²) in [6.07, 6.45) is -0.395. The van der Waals surface area contributed by atoms with Crippen molar-refractivity contribution in [3.05, 3.63) is 35.9 Å². The fourth-order valence-corrected chi connectivity index (χ4v) is 2.12. The van der Waals surface area contributed by atoms with E-state index in [4.69, 9.17) is 9.57 Å². The lowest BCUT2D eigenvalue weighted by molar-refractivity contribution is -0.123. The fourth-order valence-electron chi connectivity index (χ4n) is 2.12. The van der Waals surface area contributed by atoms with E-state index < -0.39 is 17.7 Å². The zero-order chi connectivity index (χ0) is 18.4. The molecule has 0 unspecified atom stereocenters. The molecule has 2 amide bonds. The van der Waals surface area contributed by atoms with Gasteiger partial charge in [-0.05, 0) is 32.9 Å². The zero-order valence-electron chi connectivity index (χ0n) is 14.6. The number of benzene rings is 1. The van der Waals surface area contributed by atoms with Gasteiger partial charge in [0.2, 0.25) is 5.91 Å². The van der Waals surface area contributed by atoms with E-state index in [-0.39, 0.29) is 18.5 Å². The molecule has 0 aliphatic carbocycles. The first-order valence-electron chi connectivity index (χ1n) is 8.01. The van der Waals surface area contributed by atoms with Crippen molar-refractivity contribution < 1.29 is 24.0 Å².